The molecule has 1 saturated carbocycles. The molecule has 1 fully saturated rings. The minimum atomic E-state index is 0.723. The Morgan fingerprint density at radius 2 is 2.06 bits per heavy atom. The van der Waals surface area contributed by atoms with Crippen LogP contribution in [0, 0.1) is 0 Å². The molecule has 2 aromatic rings. The van der Waals surface area contributed by atoms with E-state index >= 15 is 0 Å². The highest BCUT2D eigenvalue weighted by molar-refractivity contribution is 5.92. The van der Waals surface area contributed by atoms with Crippen LogP contribution in [0.3, 0.4) is 0 Å². The second-order valence-electron chi connectivity index (χ2n) is 5.21. The van der Waals surface area contributed by atoms with E-state index in [9.17, 15) is 0 Å². The maximum atomic E-state index is 4.76. The van der Waals surface area contributed by atoms with Crippen molar-refractivity contribution in [3.63, 3.8) is 0 Å². The Bertz CT molecular complexity index is 559. The van der Waals surface area contributed by atoms with Crippen LogP contribution in [-0.4, -0.2) is 25.1 Å². The first-order chi connectivity index (χ1) is 8.74. The molecule has 0 saturated heterocycles. The summed E-state index contributed by atoms with van der Waals surface area (Å²) in [5, 5.41) is 6.01. The summed E-state index contributed by atoms with van der Waals surface area (Å²) in [6.07, 6.45) is 2.63. The fourth-order valence-electron chi connectivity index (χ4n) is 2.20. The summed E-state index contributed by atoms with van der Waals surface area (Å²) < 4.78 is 0. The van der Waals surface area contributed by atoms with Gasteiger partial charge in [-0.15, -0.1) is 0 Å². The molecule has 1 aromatic carbocycles. The molecule has 3 heteroatoms. The molecule has 1 N–H and O–H groups in total. The second kappa shape index (κ2) is 4.58. The minimum Gasteiger partial charge on any atom is -0.362 e. The molecule has 3 rings (SSSR count). The van der Waals surface area contributed by atoms with Crippen LogP contribution in [0.5, 0.6) is 0 Å². The molecular weight excluding hydrogens is 222 g/mol. The Labute approximate surface area is 108 Å². The second-order valence-corrected chi connectivity index (χ2v) is 5.21. The van der Waals surface area contributed by atoms with Crippen LogP contribution < -0.4 is 10.2 Å². The first kappa shape index (κ1) is 11.5. The quantitative estimate of drug-likeness (QED) is 0.891. The fraction of sp³-hybridized carbons (Fsp3) is 0.400. The third-order valence-corrected chi connectivity index (χ3v) is 3.35. The molecule has 3 nitrogen and oxygen atoms in total. The van der Waals surface area contributed by atoms with Gasteiger partial charge in [0.25, 0.3) is 0 Å². The van der Waals surface area contributed by atoms with E-state index in [1.807, 2.05) is 14.1 Å². The number of benzene rings is 1. The average molecular weight is 241 g/mol. The highest BCUT2D eigenvalue weighted by atomic mass is 15.1. The zero-order valence-electron chi connectivity index (χ0n) is 11.0. The molecule has 0 unspecified atom stereocenters. The SMILES string of the molecule is CN(C)c1nc(CNC2CC2)cc2ccccc12. The van der Waals surface area contributed by atoms with Crippen molar-refractivity contribution in [1.82, 2.24) is 10.3 Å². The van der Waals surface area contributed by atoms with Crippen molar-refractivity contribution < 1.29 is 0 Å². The van der Waals surface area contributed by atoms with Crippen LogP contribution in [0.4, 0.5) is 5.82 Å². The van der Waals surface area contributed by atoms with Crippen LogP contribution in [-0.2, 0) is 6.54 Å². The summed E-state index contributed by atoms with van der Waals surface area (Å²) in [6, 6.07) is 11.4. The Balaban J connectivity index is 1.98. The Kier molecular flexibility index (Phi) is 2.92. The lowest BCUT2D eigenvalue weighted by Gasteiger charge is -2.16. The predicted molar refractivity (Wildman–Crippen MR) is 75.9 cm³/mol. The first-order valence-corrected chi connectivity index (χ1v) is 6.53. The number of fused-ring (bicyclic) bond motifs is 1. The first-order valence-electron chi connectivity index (χ1n) is 6.53. The summed E-state index contributed by atoms with van der Waals surface area (Å²) in [7, 11) is 4.10. The van der Waals surface area contributed by atoms with Gasteiger partial charge in [0.1, 0.15) is 5.82 Å². The zero-order valence-corrected chi connectivity index (χ0v) is 11.0. The van der Waals surface area contributed by atoms with E-state index in [-0.39, 0.29) is 0 Å². The molecule has 94 valence electrons. The van der Waals surface area contributed by atoms with Crippen molar-refractivity contribution in [3.05, 3.63) is 36.0 Å². The molecule has 0 bridgehead atoms. The van der Waals surface area contributed by atoms with Gasteiger partial charge in [-0.05, 0) is 24.3 Å². The van der Waals surface area contributed by atoms with Crippen molar-refractivity contribution >= 4 is 16.6 Å². The maximum Gasteiger partial charge on any atom is 0.136 e. The van der Waals surface area contributed by atoms with Gasteiger partial charge in [-0.2, -0.15) is 0 Å². The van der Waals surface area contributed by atoms with Crippen molar-refractivity contribution in [3.8, 4) is 0 Å². The van der Waals surface area contributed by atoms with Gasteiger partial charge in [-0.3, -0.25) is 0 Å². The highest BCUT2D eigenvalue weighted by Crippen LogP contribution is 2.25. The molecule has 1 aliphatic rings. The largest absolute Gasteiger partial charge is 0.362 e. The van der Waals surface area contributed by atoms with Crippen molar-refractivity contribution in [2.24, 2.45) is 0 Å². The normalized spacial score (nSPS) is 15.0. The van der Waals surface area contributed by atoms with E-state index in [1.165, 1.54) is 23.6 Å². The van der Waals surface area contributed by atoms with Crippen LogP contribution >= 0.6 is 0 Å². The topological polar surface area (TPSA) is 28.2 Å². The number of hydrogen-bond donors (Lipinski definition) is 1. The van der Waals surface area contributed by atoms with Crippen LogP contribution in [0.1, 0.15) is 18.5 Å². The molecule has 0 atom stereocenters. The number of hydrogen-bond acceptors (Lipinski definition) is 3. The van der Waals surface area contributed by atoms with Gasteiger partial charge in [0, 0.05) is 32.1 Å². The van der Waals surface area contributed by atoms with Crippen molar-refractivity contribution in [2.75, 3.05) is 19.0 Å². The van der Waals surface area contributed by atoms with E-state index in [1.54, 1.807) is 0 Å². The number of pyridine rings is 1. The smallest absolute Gasteiger partial charge is 0.136 e. The zero-order chi connectivity index (χ0) is 12.5. The number of nitrogens with zero attached hydrogens (tertiary/aromatic N) is 2. The summed E-state index contributed by atoms with van der Waals surface area (Å²) in [4.78, 5) is 6.85. The van der Waals surface area contributed by atoms with Gasteiger partial charge in [0.2, 0.25) is 0 Å². The fourth-order valence-corrected chi connectivity index (χ4v) is 2.20. The van der Waals surface area contributed by atoms with Gasteiger partial charge in [0.15, 0.2) is 0 Å². The van der Waals surface area contributed by atoms with E-state index in [4.69, 9.17) is 4.98 Å². The van der Waals surface area contributed by atoms with Gasteiger partial charge >= 0.3 is 0 Å². The number of rotatable bonds is 4. The molecule has 0 spiro atoms. The van der Waals surface area contributed by atoms with Gasteiger partial charge in [0.05, 0.1) is 5.69 Å². The third kappa shape index (κ3) is 2.31. The maximum absolute atomic E-state index is 4.76. The summed E-state index contributed by atoms with van der Waals surface area (Å²) >= 11 is 0. The van der Waals surface area contributed by atoms with Crippen molar-refractivity contribution in [1.29, 1.82) is 0 Å². The van der Waals surface area contributed by atoms with E-state index in [2.05, 4.69) is 40.5 Å². The van der Waals surface area contributed by atoms with Gasteiger partial charge in [-0.25, -0.2) is 4.98 Å². The molecule has 0 amide bonds. The Hall–Kier alpha value is -1.61. The summed E-state index contributed by atoms with van der Waals surface area (Å²) in [6.45, 7) is 0.871. The summed E-state index contributed by atoms with van der Waals surface area (Å²) in [5.41, 5.74) is 1.13. The lowest BCUT2D eigenvalue weighted by Crippen LogP contribution is -2.18. The molecular formula is C15H19N3. The minimum absolute atomic E-state index is 0.723. The standard InChI is InChI=1S/C15H19N3/c1-18(2)15-14-6-4-3-5-11(14)9-13(17-15)10-16-12-7-8-12/h3-6,9,12,16H,7-8,10H2,1-2H3. The molecule has 1 heterocycles. The van der Waals surface area contributed by atoms with Crippen LogP contribution in [0.25, 0.3) is 10.8 Å². The van der Waals surface area contributed by atoms with Gasteiger partial charge < -0.3 is 10.2 Å². The van der Waals surface area contributed by atoms with E-state index in [0.29, 0.717) is 0 Å². The lowest BCUT2D eigenvalue weighted by atomic mass is 10.1. The Morgan fingerprint density at radius 1 is 1.28 bits per heavy atom. The Morgan fingerprint density at radius 3 is 2.78 bits per heavy atom. The van der Waals surface area contributed by atoms with E-state index < -0.39 is 0 Å². The predicted octanol–water partition coefficient (Wildman–Crippen LogP) is 2.55. The number of nitrogens with one attached hydrogen (secondary N) is 1. The number of aromatic nitrogens is 1. The monoisotopic (exact) mass is 241 g/mol. The molecule has 1 aliphatic carbocycles. The third-order valence-electron chi connectivity index (χ3n) is 3.35. The number of anilines is 1. The molecule has 18 heavy (non-hydrogen) atoms. The highest BCUT2D eigenvalue weighted by Gasteiger charge is 2.20. The van der Waals surface area contributed by atoms with Crippen molar-refractivity contribution in [2.45, 2.75) is 25.4 Å². The molecule has 1 aromatic heterocycles. The molecule has 0 aliphatic heterocycles. The van der Waals surface area contributed by atoms with Gasteiger partial charge in [-0.1, -0.05) is 24.3 Å². The van der Waals surface area contributed by atoms with E-state index in [0.717, 1.165) is 24.1 Å². The average Bonchev–Trinajstić information content (AvgIpc) is 3.19. The van der Waals surface area contributed by atoms with Crippen LogP contribution in [0.15, 0.2) is 30.3 Å². The lowest BCUT2D eigenvalue weighted by molar-refractivity contribution is 0.675. The summed E-state index contributed by atoms with van der Waals surface area (Å²) in [5.74, 6) is 1.06. The van der Waals surface area contributed by atoms with Crippen LogP contribution in [0.2, 0.25) is 0 Å². The molecule has 0 radical (unpaired) electrons.